The predicted octanol–water partition coefficient (Wildman–Crippen LogP) is -0.797. The Morgan fingerprint density at radius 3 is 2.56 bits per heavy atom. The van der Waals surface area contributed by atoms with Crippen LogP contribution in [0, 0.1) is 5.41 Å². The van der Waals surface area contributed by atoms with Gasteiger partial charge in [0, 0.05) is 7.05 Å². The van der Waals surface area contributed by atoms with Crippen LogP contribution in [0.15, 0.2) is 43.0 Å². The molecular formula is C19H22N5O9P. The first-order valence-electron chi connectivity index (χ1n) is 9.97. The van der Waals surface area contributed by atoms with Crippen molar-refractivity contribution in [1.29, 1.82) is 5.41 Å². The van der Waals surface area contributed by atoms with Crippen molar-refractivity contribution >= 4 is 25.0 Å². The highest BCUT2D eigenvalue weighted by molar-refractivity contribution is 7.46. The molecule has 1 saturated heterocycles. The van der Waals surface area contributed by atoms with Crippen molar-refractivity contribution in [3.63, 3.8) is 0 Å². The van der Waals surface area contributed by atoms with Gasteiger partial charge in [0.1, 0.15) is 36.5 Å². The van der Waals surface area contributed by atoms with Gasteiger partial charge in [0.05, 0.1) is 18.2 Å². The van der Waals surface area contributed by atoms with Crippen molar-refractivity contribution < 1.29 is 43.4 Å². The number of aromatic nitrogens is 4. The lowest BCUT2D eigenvalue weighted by Gasteiger charge is -2.42. The van der Waals surface area contributed by atoms with E-state index in [0.717, 1.165) is 0 Å². The van der Waals surface area contributed by atoms with Crippen molar-refractivity contribution in [2.45, 2.75) is 30.6 Å². The van der Waals surface area contributed by atoms with E-state index in [0.29, 0.717) is 0 Å². The van der Waals surface area contributed by atoms with Gasteiger partial charge in [0.2, 0.25) is 0 Å². The van der Waals surface area contributed by atoms with Crippen LogP contribution in [-0.4, -0.2) is 76.1 Å². The van der Waals surface area contributed by atoms with Crippen LogP contribution in [0.25, 0.3) is 11.2 Å². The van der Waals surface area contributed by atoms with Gasteiger partial charge >= 0.3 is 13.8 Å². The van der Waals surface area contributed by atoms with Gasteiger partial charge in [0.15, 0.2) is 17.4 Å². The standard InChI is InChI=1S/C19H22N5O9P/c1-23-8-22-17-12(16(23)20)21-9-24(17)18-14(26)15(33-34(28,29)30)13(25)11(32-18)7-31-19(27)10-5-3-2-4-6-10/h2-6,8-9,11,13-15,18,20,25-26H,7H2,1H3,(H2,28,29,30)/t11-,13-,14-,15+,18-/m1/s1. The Morgan fingerprint density at radius 1 is 1.18 bits per heavy atom. The van der Waals surface area contributed by atoms with E-state index in [2.05, 4.69) is 14.5 Å². The highest BCUT2D eigenvalue weighted by atomic mass is 31.2. The zero-order valence-electron chi connectivity index (χ0n) is 17.7. The Bertz CT molecular complexity index is 1290. The van der Waals surface area contributed by atoms with Crippen molar-refractivity contribution in [3.8, 4) is 0 Å². The van der Waals surface area contributed by atoms with E-state index < -0.39 is 51.0 Å². The van der Waals surface area contributed by atoms with Gasteiger partial charge in [0.25, 0.3) is 0 Å². The number of ether oxygens (including phenoxy) is 2. The Morgan fingerprint density at radius 2 is 1.88 bits per heavy atom. The first kappa shape index (κ1) is 24.2. The van der Waals surface area contributed by atoms with Gasteiger partial charge < -0.3 is 34.0 Å². The molecule has 3 heterocycles. The highest BCUT2D eigenvalue weighted by Gasteiger charge is 2.49. The topological polar surface area (TPSA) is 202 Å². The number of carbonyl (C=O) groups excluding carboxylic acids is 1. The summed E-state index contributed by atoms with van der Waals surface area (Å²) < 4.78 is 29.8. The molecule has 3 aromatic rings. The average Bonchev–Trinajstić information content (AvgIpc) is 3.23. The van der Waals surface area contributed by atoms with Crippen molar-refractivity contribution in [3.05, 3.63) is 54.0 Å². The van der Waals surface area contributed by atoms with Crippen molar-refractivity contribution in [2.24, 2.45) is 7.05 Å². The molecule has 15 heteroatoms. The summed E-state index contributed by atoms with van der Waals surface area (Å²) >= 11 is 0. The van der Waals surface area contributed by atoms with E-state index >= 15 is 0 Å². The van der Waals surface area contributed by atoms with Crippen molar-refractivity contribution in [1.82, 2.24) is 19.1 Å². The largest absolute Gasteiger partial charge is 0.470 e. The second-order valence-corrected chi connectivity index (χ2v) is 8.79. The number of aryl methyl sites for hydroxylation is 1. The molecule has 0 unspecified atom stereocenters. The van der Waals surface area contributed by atoms with E-state index in [1.807, 2.05) is 0 Å². The molecule has 0 spiro atoms. The number of nitrogens with zero attached hydrogens (tertiary/aromatic N) is 4. The molecule has 0 radical (unpaired) electrons. The molecular weight excluding hydrogens is 473 g/mol. The van der Waals surface area contributed by atoms with E-state index in [4.69, 9.17) is 14.9 Å². The maximum atomic E-state index is 12.3. The van der Waals surface area contributed by atoms with Gasteiger partial charge in [-0.15, -0.1) is 0 Å². The van der Waals surface area contributed by atoms with Crippen LogP contribution >= 0.6 is 7.82 Å². The van der Waals surface area contributed by atoms with Gasteiger partial charge in [-0.3, -0.25) is 14.5 Å². The third kappa shape index (κ3) is 4.79. The van der Waals surface area contributed by atoms with E-state index in [-0.39, 0.29) is 22.2 Å². The molecule has 2 aromatic heterocycles. The molecule has 34 heavy (non-hydrogen) atoms. The third-order valence-corrected chi connectivity index (χ3v) is 5.80. The fourth-order valence-corrected chi connectivity index (χ4v) is 4.15. The normalized spacial score (nSPS) is 25.4. The van der Waals surface area contributed by atoms with Crippen LogP contribution in [0.4, 0.5) is 0 Å². The maximum Gasteiger partial charge on any atom is 0.470 e. The van der Waals surface area contributed by atoms with Crippen molar-refractivity contribution in [2.75, 3.05) is 6.61 Å². The number of rotatable bonds is 6. The number of aliphatic hydroxyl groups is 2. The number of esters is 1. The zero-order chi connectivity index (χ0) is 24.6. The minimum absolute atomic E-state index is 0.0189. The van der Waals surface area contributed by atoms with E-state index in [1.54, 1.807) is 25.2 Å². The van der Waals surface area contributed by atoms with Crippen LogP contribution in [-0.2, 0) is 25.6 Å². The Balaban J connectivity index is 1.65. The van der Waals surface area contributed by atoms with Crippen LogP contribution in [0.5, 0.6) is 0 Å². The number of hydrogen-bond donors (Lipinski definition) is 5. The van der Waals surface area contributed by atoms with Gasteiger partial charge in [-0.1, -0.05) is 18.2 Å². The number of fused-ring (bicyclic) bond motifs is 1. The lowest BCUT2D eigenvalue weighted by atomic mass is 9.98. The molecule has 0 amide bonds. The number of phosphoric acid groups is 1. The zero-order valence-corrected chi connectivity index (χ0v) is 18.6. The molecule has 5 N–H and O–H groups in total. The fourth-order valence-electron chi connectivity index (χ4n) is 3.58. The number of carbonyl (C=O) groups is 1. The van der Waals surface area contributed by atoms with Crippen LogP contribution < -0.4 is 5.49 Å². The molecule has 0 bridgehead atoms. The molecule has 14 nitrogen and oxygen atoms in total. The lowest BCUT2D eigenvalue weighted by molar-refractivity contribution is -0.246. The summed E-state index contributed by atoms with van der Waals surface area (Å²) in [5, 5.41) is 29.5. The van der Waals surface area contributed by atoms with Crippen LogP contribution in [0.1, 0.15) is 16.6 Å². The molecule has 4 rings (SSSR count). The summed E-state index contributed by atoms with van der Waals surface area (Å²) in [4.78, 5) is 39.2. The predicted molar refractivity (Wildman–Crippen MR) is 112 cm³/mol. The summed E-state index contributed by atoms with van der Waals surface area (Å²) in [7, 11) is -3.55. The van der Waals surface area contributed by atoms with Gasteiger partial charge in [-0.25, -0.2) is 19.3 Å². The van der Waals surface area contributed by atoms with E-state index in [1.165, 1.54) is 33.9 Å². The molecule has 1 aromatic carbocycles. The summed E-state index contributed by atoms with van der Waals surface area (Å²) in [6.45, 7) is -0.516. The number of hydrogen-bond acceptors (Lipinski definition) is 10. The maximum absolute atomic E-state index is 12.3. The first-order chi connectivity index (χ1) is 16.1. The van der Waals surface area contributed by atoms with E-state index in [9.17, 15) is 29.4 Å². The molecule has 1 aliphatic rings. The number of benzene rings is 1. The number of phosphoric ester groups is 1. The van der Waals surface area contributed by atoms with Gasteiger partial charge in [-0.2, -0.15) is 0 Å². The first-order valence-corrected chi connectivity index (χ1v) is 11.5. The quantitative estimate of drug-likeness (QED) is 0.212. The molecule has 5 atom stereocenters. The molecule has 1 fully saturated rings. The molecule has 182 valence electrons. The number of nitrogens with one attached hydrogen (secondary N) is 1. The monoisotopic (exact) mass is 495 g/mol. The molecule has 0 saturated carbocycles. The molecule has 1 aliphatic heterocycles. The fraction of sp³-hybridized carbons (Fsp3) is 0.368. The van der Waals surface area contributed by atoms with Crippen LogP contribution in [0.2, 0.25) is 0 Å². The van der Waals surface area contributed by atoms with Gasteiger partial charge in [-0.05, 0) is 12.1 Å². The van der Waals surface area contributed by atoms with Crippen LogP contribution in [0.3, 0.4) is 0 Å². The minimum atomic E-state index is -5.14. The Hall–Kier alpha value is -2.97. The minimum Gasteiger partial charge on any atom is -0.459 e. The SMILES string of the molecule is Cn1cnc2c(ncn2[C@@H]2O[C@H](COC(=O)c3ccccc3)[C@@H](O)[C@H](OP(=O)(O)O)[C@H]2O)c1=N. The summed E-state index contributed by atoms with van der Waals surface area (Å²) in [6, 6.07) is 8.03. The Kier molecular flexibility index (Phi) is 6.64. The summed E-state index contributed by atoms with van der Waals surface area (Å²) in [6.07, 6.45) is -5.54. The second kappa shape index (κ2) is 9.35. The summed E-state index contributed by atoms with van der Waals surface area (Å²) in [5.74, 6) is -0.715. The Labute approximate surface area is 191 Å². The number of imidazole rings is 1. The summed E-state index contributed by atoms with van der Waals surface area (Å²) in [5.41, 5.74) is 0.573. The highest BCUT2D eigenvalue weighted by Crippen LogP contribution is 2.43. The smallest absolute Gasteiger partial charge is 0.459 e. The molecule has 0 aliphatic carbocycles. The number of aliphatic hydroxyl groups excluding tert-OH is 2. The lowest BCUT2D eigenvalue weighted by Crippen LogP contribution is -2.57. The average molecular weight is 495 g/mol. The second-order valence-electron chi connectivity index (χ2n) is 7.60. The third-order valence-electron chi connectivity index (χ3n) is 5.28.